The van der Waals surface area contributed by atoms with E-state index in [1.54, 1.807) is 30.1 Å². The van der Waals surface area contributed by atoms with E-state index in [-0.39, 0.29) is 29.6 Å². The summed E-state index contributed by atoms with van der Waals surface area (Å²) >= 11 is 6.33. The van der Waals surface area contributed by atoms with Crippen molar-refractivity contribution in [3.8, 4) is 0 Å². The summed E-state index contributed by atoms with van der Waals surface area (Å²) < 4.78 is 0. The first-order valence-electron chi connectivity index (χ1n) is 10.4. The quantitative estimate of drug-likeness (QED) is 0.695. The van der Waals surface area contributed by atoms with Crippen LogP contribution in [0, 0.1) is 23.7 Å². The molecule has 3 amide bonds. The van der Waals surface area contributed by atoms with Crippen molar-refractivity contribution in [2.24, 2.45) is 23.7 Å². The highest BCUT2D eigenvalue weighted by atomic mass is 35.5. The number of benzene rings is 2. The maximum Gasteiger partial charge on any atom is 0.255 e. The van der Waals surface area contributed by atoms with Gasteiger partial charge in [-0.2, -0.15) is 0 Å². The number of nitrogens with zero attached hydrogens (tertiary/aromatic N) is 2. The monoisotopic (exact) mass is 422 g/mol. The molecular formula is C24H23ClN2O3. The normalized spacial score (nSPS) is 26.9. The fourth-order valence-corrected chi connectivity index (χ4v) is 5.81. The molecule has 5 nitrogen and oxygen atoms in total. The van der Waals surface area contributed by atoms with Gasteiger partial charge in [0.05, 0.1) is 28.1 Å². The highest BCUT2D eigenvalue weighted by Gasteiger charge is 2.61. The zero-order chi connectivity index (χ0) is 21.0. The number of hydrogen-bond acceptors (Lipinski definition) is 3. The van der Waals surface area contributed by atoms with Crippen molar-refractivity contribution in [3.63, 3.8) is 0 Å². The van der Waals surface area contributed by atoms with Crippen molar-refractivity contribution in [3.05, 3.63) is 64.7 Å². The van der Waals surface area contributed by atoms with Gasteiger partial charge in [-0.15, -0.1) is 0 Å². The van der Waals surface area contributed by atoms with E-state index in [1.165, 1.54) is 4.90 Å². The minimum atomic E-state index is -0.245. The molecule has 30 heavy (non-hydrogen) atoms. The molecule has 0 spiro atoms. The number of imide groups is 1. The Morgan fingerprint density at radius 3 is 2.30 bits per heavy atom. The number of halogens is 1. The fourth-order valence-electron chi connectivity index (χ4n) is 5.61. The number of fused-ring (bicyclic) bond motifs is 5. The molecule has 1 heterocycles. The fraction of sp³-hybridized carbons (Fsp3) is 0.375. The van der Waals surface area contributed by atoms with Crippen LogP contribution in [-0.4, -0.2) is 29.7 Å². The largest absolute Gasteiger partial charge is 0.337 e. The third-order valence-corrected chi connectivity index (χ3v) is 7.30. The van der Waals surface area contributed by atoms with E-state index in [0.29, 0.717) is 34.7 Å². The standard InChI is InChI=1S/C24H23ClN2O3/c1-26(13-14-5-3-2-4-6-14)22(28)18-12-17(9-10-19(18)25)27-23(29)20-15-7-8-16(11-15)21(20)24(27)30/h2-6,9-10,12,15-16,20-21H,7-8,11,13H2,1H3/t15-,16-,20-,21-/m0/s1. The number of rotatable bonds is 4. The Kier molecular flexibility index (Phi) is 4.66. The summed E-state index contributed by atoms with van der Waals surface area (Å²) in [7, 11) is 1.71. The number of anilines is 1. The van der Waals surface area contributed by atoms with Crippen LogP contribution in [0.3, 0.4) is 0 Å². The Morgan fingerprint density at radius 2 is 1.67 bits per heavy atom. The van der Waals surface area contributed by atoms with Crippen LogP contribution in [0.1, 0.15) is 35.2 Å². The Balaban J connectivity index is 1.42. The second-order valence-corrected chi connectivity index (χ2v) is 9.11. The maximum atomic E-state index is 13.1. The van der Waals surface area contributed by atoms with Crippen molar-refractivity contribution in [2.75, 3.05) is 11.9 Å². The molecule has 2 aromatic carbocycles. The second-order valence-electron chi connectivity index (χ2n) is 8.71. The first-order chi connectivity index (χ1) is 14.5. The van der Waals surface area contributed by atoms with E-state index in [1.807, 2.05) is 30.3 Å². The summed E-state index contributed by atoms with van der Waals surface area (Å²) in [5.41, 5.74) is 1.75. The third-order valence-electron chi connectivity index (χ3n) is 6.98. The first kappa shape index (κ1) is 19.3. The van der Waals surface area contributed by atoms with Gasteiger partial charge in [-0.1, -0.05) is 41.9 Å². The molecule has 1 saturated heterocycles. The summed E-state index contributed by atoms with van der Waals surface area (Å²) in [5.74, 6) is -0.200. The summed E-state index contributed by atoms with van der Waals surface area (Å²) in [6, 6.07) is 14.5. The lowest BCUT2D eigenvalue weighted by Gasteiger charge is -2.21. The minimum Gasteiger partial charge on any atom is -0.337 e. The lowest BCUT2D eigenvalue weighted by Crippen LogP contribution is -2.33. The van der Waals surface area contributed by atoms with Crippen LogP contribution in [0.15, 0.2) is 48.5 Å². The van der Waals surface area contributed by atoms with Crippen LogP contribution in [0.2, 0.25) is 5.02 Å². The van der Waals surface area contributed by atoms with Gasteiger partial charge in [-0.25, -0.2) is 0 Å². The molecule has 2 aliphatic carbocycles. The van der Waals surface area contributed by atoms with Crippen LogP contribution >= 0.6 is 11.6 Å². The summed E-state index contributed by atoms with van der Waals surface area (Å²) in [4.78, 5) is 42.2. The molecule has 154 valence electrons. The van der Waals surface area contributed by atoms with E-state index in [2.05, 4.69) is 0 Å². The number of amides is 3. The summed E-state index contributed by atoms with van der Waals surface area (Å²) in [6.07, 6.45) is 3.07. The Bertz CT molecular complexity index is 1010. The summed E-state index contributed by atoms with van der Waals surface area (Å²) in [6.45, 7) is 0.440. The van der Waals surface area contributed by atoms with E-state index < -0.39 is 0 Å². The molecule has 4 atom stereocenters. The van der Waals surface area contributed by atoms with Gasteiger partial charge in [0.1, 0.15) is 0 Å². The molecule has 6 heteroatoms. The lowest BCUT2D eigenvalue weighted by atomic mass is 9.81. The summed E-state index contributed by atoms with van der Waals surface area (Å²) in [5, 5.41) is 0.308. The van der Waals surface area contributed by atoms with Gasteiger partial charge < -0.3 is 4.90 Å². The smallest absolute Gasteiger partial charge is 0.255 e. The predicted octanol–water partition coefficient (Wildman–Crippen LogP) is 4.15. The molecule has 0 N–H and O–H groups in total. The van der Waals surface area contributed by atoms with Crippen molar-refractivity contribution in [2.45, 2.75) is 25.8 Å². The number of carbonyl (C=O) groups is 3. The SMILES string of the molecule is CN(Cc1ccccc1)C(=O)c1cc(N2C(=O)[C@H]3[C@H]4CC[C@@H](C4)[C@@H]3C2=O)ccc1Cl. The van der Waals surface area contributed by atoms with E-state index >= 15 is 0 Å². The van der Waals surface area contributed by atoms with Gasteiger partial charge in [-0.05, 0) is 54.9 Å². The molecule has 2 aromatic rings. The molecule has 2 saturated carbocycles. The highest BCUT2D eigenvalue weighted by molar-refractivity contribution is 6.34. The van der Waals surface area contributed by atoms with Crippen molar-refractivity contribution in [1.29, 1.82) is 0 Å². The zero-order valence-electron chi connectivity index (χ0n) is 16.8. The average molecular weight is 423 g/mol. The number of carbonyl (C=O) groups excluding carboxylic acids is 3. The Hall–Kier alpha value is -2.66. The third kappa shape index (κ3) is 2.95. The molecule has 2 bridgehead atoms. The Labute approximate surface area is 180 Å². The van der Waals surface area contributed by atoms with Crippen LogP contribution in [0.4, 0.5) is 5.69 Å². The van der Waals surface area contributed by atoms with E-state index in [0.717, 1.165) is 24.8 Å². The van der Waals surface area contributed by atoms with E-state index in [4.69, 9.17) is 11.6 Å². The van der Waals surface area contributed by atoms with Gasteiger partial charge >= 0.3 is 0 Å². The highest BCUT2D eigenvalue weighted by Crippen LogP contribution is 2.56. The maximum absolute atomic E-state index is 13.1. The molecule has 3 fully saturated rings. The second kappa shape index (κ2) is 7.24. The van der Waals surface area contributed by atoms with Gasteiger partial charge in [0.15, 0.2) is 0 Å². The van der Waals surface area contributed by atoms with E-state index in [9.17, 15) is 14.4 Å². The topological polar surface area (TPSA) is 57.7 Å². The molecular weight excluding hydrogens is 400 g/mol. The predicted molar refractivity (Wildman–Crippen MR) is 114 cm³/mol. The van der Waals surface area contributed by atoms with Crippen molar-refractivity contribution < 1.29 is 14.4 Å². The minimum absolute atomic E-state index is 0.115. The lowest BCUT2D eigenvalue weighted by molar-refractivity contribution is -0.123. The zero-order valence-corrected chi connectivity index (χ0v) is 17.5. The van der Waals surface area contributed by atoms with Crippen LogP contribution in [0.25, 0.3) is 0 Å². The van der Waals surface area contributed by atoms with Gasteiger partial charge in [-0.3, -0.25) is 19.3 Å². The molecule has 0 unspecified atom stereocenters. The van der Waals surface area contributed by atoms with Gasteiger partial charge in [0, 0.05) is 13.6 Å². The van der Waals surface area contributed by atoms with Crippen LogP contribution < -0.4 is 4.90 Å². The molecule has 1 aliphatic heterocycles. The molecule has 3 aliphatic rings. The van der Waals surface area contributed by atoms with Gasteiger partial charge in [0.25, 0.3) is 5.91 Å². The van der Waals surface area contributed by atoms with Crippen molar-refractivity contribution >= 4 is 35.0 Å². The average Bonchev–Trinajstić information content (AvgIpc) is 3.43. The number of hydrogen-bond donors (Lipinski definition) is 0. The molecule has 0 aromatic heterocycles. The van der Waals surface area contributed by atoms with Crippen molar-refractivity contribution in [1.82, 2.24) is 4.90 Å². The van der Waals surface area contributed by atoms with Crippen LogP contribution in [-0.2, 0) is 16.1 Å². The van der Waals surface area contributed by atoms with Gasteiger partial charge in [0.2, 0.25) is 11.8 Å². The molecule has 0 radical (unpaired) electrons. The van der Waals surface area contributed by atoms with Crippen LogP contribution in [0.5, 0.6) is 0 Å². The first-order valence-corrected chi connectivity index (χ1v) is 10.8. The Morgan fingerprint density at radius 1 is 1.03 bits per heavy atom. The molecule has 5 rings (SSSR count).